The van der Waals surface area contributed by atoms with Gasteiger partial charge in [0, 0.05) is 18.5 Å². The highest BCUT2D eigenvalue weighted by Gasteiger charge is 2.17. The topological polar surface area (TPSA) is 124 Å². The maximum absolute atomic E-state index is 12.5. The van der Waals surface area contributed by atoms with Crippen LogP contribution in [0.15, 0.2) is 53.4 Å². The van der Waals surface area contributed by atoms with Gasteiger partial charge in [0.25, 0.3) is 5.91 Å². The summed E-state index contributed by atoms with van der Waals surface area (Å²) in [6.07, 6.45) is 4.90. The van der Waals surface area contributed by atoms with Gasteiger partial charge in [0.05, 0.1) is 12.3 Å². The zero-order valence-electron chi connectivity index (χ0n) is 13.8. The van der Waals surface area contributed by atoms with Gasteiger partial charge in [-0.15, -0.1) is 5.10 Å². The van der Waals surface area contributed by atoms with E-state index in [0.29, 0.717) is 17.2 Å². The number of hydrogen-bond donors (Lipinski definition) is 2. The van der Waals surface area contributed by atoms with Crippen molar-refractivity contribution in [2.75, 3.05) is 5.73 Å². The first-order valence-electron chi connectivity index (χ1n) is 7.90. The van der Waals surface area contributed by atoms with Crippen LogP contribution in [0.25, 0.3) is 17.2 Å². The van der Waals surface area contributed by atoms with Crippen LogP contribution in [0.2, 0.25) is 0 Å². The Kier molecular flexibility index (Phi) is 3.81. The van der Waals surface area contributed by atoms with Crippen LogP contribution in [0.5, 0.6) is 0 Å². The van der Waals surface area contributed by atoms with E-state index in [1.54, 1.807) is 24.5 Å². The van der Waals surface area contributed by atoms with Gasteiger partial charge in [0.15, 0.2) is 11.4 Å². The van der Waals surface area contributed by atoms with Crippen LogP contribution in [0.1, 0.15) is 29.0 Å². The predicted molar refractivity (Wildman–Crippen MR) is 93.0 cm³/mol. The van der Waals surface area contributed by atoms with Crippen molar-refractivity contribution in [3.63, 3.8) is 0 Å². The van der Waals surface area contributed by atoms with E-state index in [1.165, 1.54) is 16.8 Å². The molecule has 0 aliphatic carbocycles. The van der Waals surface area contributed by atoms with Gasteiger partial charge in [0.1, 0.15) is 5.69 Å². The summed E-state index contributed by atoms with van der Waals surface area (Å²) in [4.78, 5) is 25.1. The van der Waals surface area contributed by atoms with Gasteiger partial charge >= 0.3 is 0 Å². The molecule has 0 aromatic carbocycles. The molecule has 4 heterocycles. The highest BCUT2D eigenvalue weighted by atomic mass is 16.3. The zero-order valence-corrected chi connectivity index (χ0v) is 13.8. The molecule has 9 heteroatoms. The van der Waals surface area contributed by atoms with Gasteiger partial charge < -0.3 is 15.5 Å². The van der Waals surface area contributed by atoms with Crippen molar-refractivity contribution >= 4 is 17.5 Å². The minimum absolute atomic E-state index is 0.0620. The van der Waals surface area contributed by atoms with Crippen LogP contribution >= 0.6 is 0 Å². The Morgan fingerprint density at radius 2 is 2.19 bits per heavy atom. The number of carbonyl (C=O) groups is 1. The number of fused-ring (bicyclic) bond motifs is 1. The third kappa shape index (κ3) is 2.86. The maximum Gasteiger partial charge on any atom is 0.270 e. The average molecular weight is 349 g/mol. The lowest BCUT2D eigenvalue weighted by atomic mass is 10.1. The Hall–Kier alpha value is -3.75. The van der Waals surface area contributed by atoms with Crippen LogP contribution in [0.4, 0.5) is 5.95 Å². The Morgan fingerprint density at radius 1 is 1.31 bits per heavy atom. The summed E-state index contributed by atoms with van der Waals surface area (Å²) < 4.78 is 6.64. The van der Waals surface area contributed by atoms with Gasteiger partial charge in [-0.1, -0.05) is 6.07 Å². The van der Waals surface area contributed by atoms with Crippen molar-refractivity contribution in [1.82, 2.24) is 29.9 Å². The number of carbonyl (C=O) groups excluding carboxylic acids is 1. The van der Waals surface area contributed by atoms with Gasteiger partial charge in [-0.2, -0.15) is 4.52 Å². The summed E-state index contributed by atoms with van der Waals surface area (Å²) >= 11 is 0. The summed E-state index contributed by atoms with van der Waals surface area (Å²) in [7, 11) is 0. The van der Waals surface area contributed by atoms with Crippen molar-refractivity contribution in [3.05, 3.63) is 60.2 Å². The average Bonchev–Trinajstić information content (AvgIpc) is 3.31. The van der Waals surface area contributed by atoms with Crippen LogP contribution in [-0.2, 0) is 0 Å². The first-order chi connectivity index (χ1) is 12.6. The first-order valence-corrected chi connectivity index (χ1v) is 7.90. The monoisotopic (exact) mass is 349 g/mol. The summed E-state index contributed by atoms with van der Waals surface area (Å²) in [6, 6.07) is 8.47. The fourth-order valence-corrected chi connectivity index (χ4v) is 2.52. The maximum atomic E-state index is 12.5. The number of hydrogen-bond acceptors (Lipinski definition) is 7. The summed E-state index contributed by atoms with van der Waals surface area (Å²) in [5, 5.41) is 7.11. The van der Waals surface area contributed by atoms with E-state index in [9.17, 15) is 4.79 Å². The Morgan fingerprint density at radius 3 is 2.92 bits per heavy atom. The van der Waals surface area contributed by atoms with E-state index in [2.05, 4.69) is 25.4 Å². The van der Waals surface area contributed by atoms with Crippen LogP contribution < -0.4 is 11.1 Å². The molecular weight excluding hydrogens is 334 g/mol. The molecule has 1 atom stereocenters. The van der Waals surface area contributed by atoms with E-state index in [-0.39, 0.29) is 23.6 Å². The summed E-state index contributed by atoms with van der Waals surface area (Å²) in [5.41, 5.74) is 7.38. The molecule has 9 nitrogen and oxygen atoms in total. The lowest BCUT2D eigenvalue weighted by molar-refractivity contribution is 0.0935. The highest BCUT2D eigenvalue weighted by molar-refractivity contribution is 5.93. The van der Waals surface area contributed by atoms with E-state index in [0.717, 1.165) is 5.56 Å². The third-order valence-electron chi connectivity index (χ3n) is 3.86. The standard InChI is InChI=1S/C17H15N7O2/c1-10(11-4-2-6-19-9-11)20-16(25)12-8-14-22-15(13-5-3-7-26-13)23-24(14)17(18)21-12/h2-10H,1H3,(H2,18,21)(H,20,25). The number of amides is 1. The Balaban J connectivity index is 1.63. The Labute approximate surface area is 147 Å². The molecule has 4 aromatic heterocycles. The number of aromatic nitrogens is 5. The zero-order chi connectivity index (χ0) is 18.1. The molecule has 3 N–H and O–H groups in total. The molecule has 0 fully saturated rings. The number of nitrogens with zero attached hydrogens (tertiary/aromatic N) is 5. The highest BCUT2D eigenvalue weighted by Crippen LogP contribution is 2.18. The molecule has 0 saturated carbocycles. The summed E-state index contributed by atoms with van der Waals surface area (Å²) in [5.74, 6) is 0.569. The summed E-state index contributed by atoms with van der Waals surface area (Å²) in [6.45, 7) is 1.86. The van der Waals surface area contributed by atoms with Crippen molar-refractivity contribution < 1.29 is 9.21 Å². The molecule has 4 rings (SSSR count). The number of furan rings is 1. The van der Waals surface area contributed by atoms with Crippen LogP contribution in [0, 0.1) is 0 Å². The third-order valence-corrected chi connectivity index (χ3v) is 3.86. The van der Waals surface area contributed by atoms with Gasteiger partial charge in [-0.3, -0.25) is 9.78 Å². The molecule has 0 aliphatic rings. The van der Waals surface area contributed by atoms with Gasteiger partial charge in [0.2, 0.25) is 11.8 Å². The second-order valence-electron chi connectivity index (χ2n) is 5.66. The SMILES string of the molecule is CC(NC(=O)c1cc2nc(-c3ccco3)nn2c(N)n1)c1cccnc1. The number of nitrogens with one attached hydrogen (secondary N) is 1. The molecule has 1 amide bonds. The predicted octanol–water partition coefficient (Wildman–Crippen LogP) is 1.85. The van der Waals surface area contributed by atoms with Gasteiger partial charge in [-0.05, 0) is 30.7 Å². The normalized spacial score (nSPS) is 12.2. The molecule has 0 aliphatic heterocycles. The lowest BCUT2D eigenvalue weighted by Gasteiger charge is -2.13. The molecule has 26 heavy (non-hydrogen) atoms. The quantitative estimate of drug-likeness (QED) is 0.576. The molecule has 1 unspecified atom stereocenters. The molecule has 0 saturated heterocycles. The fourth-order valence-electron chi connectivity index (χ4n) is 2.52. The number of nitrogen functional groups attached to an aromatic ring is 1. The van der Waals surface area contributed by atoms with Crippen LogP contribution in [-0.4, -0.2) is 30.5 Å². The largest absolute Gasteiger partial charge is 0.461 e. The molecule has 4 aromatic rings. The van der Waals surface area contributed by atoms with E-state index in [1.807, 2.05) is 19.1 Å². The number of pyridine rings is 1. The lowest BCUT2D eigenvalue weighted by Crippen LogP contribution is -2.28. The number of rotatable bonds is 4. The molecule has 0 radical (unpaired) electrons. The second-order valence-corrected chi connectivity index (χ2v) is 5.66. The smallest absolute Gasteiger partial charge is 0.270 e. The van der Waals surface area contributed by atoms with E-state index < -0.39 is 0 Å². The number of nitrogens with two attached hydrogens (primary N) is 1. The minimum Gasteiger partial charge on any atom is -0.461 e. The minimum atomic E-state index is -0.363. The van der Waals surface area contributed by atoms with Crippen molar-refractivity contribution in [1.29, 1.82) is 0 Å². The first kappa shape index (κ1) is 15.8. The fraction of sp³-hybridized carbons (Fsp3) is 0.118. The van der Waals surface area contributed by atoms with Gasteiger partial charge in [-0.25, -0.2) is 9.97 Å². The number of anilines is 1. The van der Waals surface area contributed by atoms with E-state index >= 15 is 0 Å². The molecule has 130 valence electrons. The Bertz CT molecular complexity index is 1060. The van der Waals surface area contributed by atoms with Crippen molar-refractivity contribution in [2.24, 2.45) is 0 Å². The van der Waals surface area contributed by atoms with Crippen molar-refractivity contribution in [2.45, 2.75) is 13.0 Å². The molecular formula is C17H15N7O2. The second kappa shape index (κ2) is 6.28. The van der Waals surface area contributed by atoms with Crippen LogP contribution in [0.3, 0.4) is 0 Å². The molecule has 0 bridgehead atoms. The van der Waals surface area contributed by atoms with Crippen molar-refractivity contribution in [3.8, 4) is 11.6 Å². The van der Waals surface area contributed by atoms with E-state index in [4.69, 9.17) is 10.2 Å². The molecule has 0 spiro atoms.